The molecule has 3 aromatic carbocycles. The molecule has 0 atom stereocenters. The molecule has 0 aliphatic carbocycles. The van der Waals surface area contributed by atoms with Crippen molar-refractivity contribution in [2.45, 2.75) is 65.5 Å². The summed E-state index contributed by atoms with van der Waals surface area (Å²) in [7, 11) is 0. The quantitative estimate of drug-likeness (QED) is 0.364. The Morgan fingerprint density at radius 2 is 1.57 bits per heavy atom. The molecule has 3 aromatic rings. The van der Waals surface area contributed by atoms with Gasteiger partial charge in [0.25, 0.3) is 0 Å². The number of aryl methyl sites for hydroxylation is 1. The van der Waals surface area contributed by atoms with Gasteiger partial charge in [-0.05, 0) is 66.3 Å². The van der Waals surface area contributed by atoms with Crippen LogP contribution in [-0.2, 0) is 6.42 Å². The molecule has 0 amide bonds. The smallest absolute Gasteiger partial charge is 0.137 e. The first-order chi connectivity index (χ1) is 13.6. The van der Waals surface area contributed by atoms with Gasteiger partial charge in [-0.1, -0.05) is 81.0 Å². The molecule has 3 heteroatoms. The molecule has 0 fully saturated rings. The highest BCUT2D eigenvalue weighted by molar-refractivity contribution is 8.02. The molecule has 0 heterocycles. The summed E-state index contributed by atoms with van der Waals surface area (Å²) >= 11 is 3.27. The highest BCUT2D eigenvalue weighted by Crippen LogP contribution is 2.40. The van der Waals surface area contributed by atoms with Crippen molar-refractivity contribution in [3.05, 3.63) is 83.7 Å². The van der Waals surface area contributed by atoms with Crippen LogP contribution in [0.5, 0.6) is 0 Å². The second-order valence-electron chi connectivity index (χ2n) is 7.24. The normalized spacial score (nSPS) is 11.2. The van der Waals surface area contributed by atoms with E-state index in [2.05, 4.69) is 63.2 Å². The number of unbranched alkanes of at least 4 members (excludes halogenated alkanes) is 1. The van der Waals surface area contributed by atoms with Gasteiger partial charge < -0.3 is 0 Å². The van der Waals surface area contributed by atoms with Crippen LogP contribution in [0.4, 0.5) is 4.39 Å². The number of halogens is 1. The average Bonchev–Trinajstić information content (AvgIpc) is 2.70. The van der Waals surface area contributed by atoms with Crippen LogP contribution in [0.2, 0.25) is 0 Å². The molecule has 146 valence electrons. The van der Waals surface area contributed by atoms with Crippen LogP contribution >= 0.6 is 23.5 Å². The minimum atomic E-state index is -0.163. The van der Waals surface area contributed by atoms with Gasteiger partial charge in [0, 0.05) is 19.6 Å². The Bertz CT molecular complexity index is 901. The van der Waals surface area contributed by atoms with Crippen LogP contribution in [0.3, 0.4) is 0 Å². The van der Waals surface area contributed by atoms with Crippen molar-refractivity contribution in [1.82, 2.24) is 0 Å². The van der Waals surface area contributed by atoms with Gasteiger partial charge in [-0.15, -0.1) is 0 Å². The summed E-state index contributed by atoms with van der Waals surface area (Å²) in [5.74, 6) is 0.368. The predicted molar refractivity (Wildman–Crippen MR) is 120 cm³/mol. The molecule has 0 spiro atoms. The van der Waals surface area contributed by atoms with Crippen LogP contribution in [0.1, 0.15) is 50.7 Å². The van der Waals surface area contributed by atoms with Crippen molar-refractivity contribution < 1.29 is 4.39 Å². The van der Waals surface area contributed by atoms with E-state index in [0.29, 0.717) is 10.8 Å². The lowest BCUT2D eigenvalue weighted by Gasteiger charge is -2.13. The largest absolute Gasteiger partial charge is 0.206 e. The molecule has 0 aliphatic rings. The van der Waals surface area contributed by atoms with Gasteiger partial charge in [0.05, 0.1) is 0 Å². The maximum atomic E-state index is 14.2. The molecule has 0 nitrogen and oxygen atoms in total. The fraction of sp³-hybridized carbons (Fsp3) is 0.280. The summed E-state index contributed by atoms with van der Waals surface area (Å²) in [5, 5.41) is 0. The molecule has 0 aromatic heterocycles. The Labute approximate surface area is 177 Å². The van der Waals surface area contributed by atoms with E-state index in [1.165, 1.54) is 51.6 Å². The maximum absolute atomic E-state index is 14.2. The van der Waals surface area contributed by atoms with E-state index in [0.717, 1.165) is 11.3 Å². The first kappa shape index (κ1) is 21.0. The monoisotopic (exact) mass is 410 g/mol. The van der Waals surface area contributed by atoms with E-state index in [9.17, 15) is 4.39 Å². The van der Waals surface area contributed by atoms with Crippen molar-refractivity contribution in [1.29, 1.82) is 0 Å². The van der Waals surface area contributed by atoms with E-state index in [-0.39, 0.29) is 5.82 Å². The van der Waals surface area contributed by atoms with E-state index in [1.54, 1.807) is 17.8 Å². The second-order valence-corrected chi connectivity index (χ2v) is 9.44. The van der Waals surface area contributed by atoms with Crippen LogP contribution in [-0.4, -0.2) is 0 Å². The third-order valence-corrected chi connectivity index (χ3v) is 6.98. The molecular formula is C25H27FS2. The highest BCUT2D eigenvalue weighted by Gasteiger charge is 2.11. The maximum Gasteiger partial charge on any atom is 0.137 e. The van der Waals surface area contributed by atoms with Gasteiger partial charge in [-0.3, -0.25) is 0 Å². The molecule has 3 rings (SSSR count). The minimum absolute atomic E-state index is 0.163. The fourth-order valence-electron chi connectivity index (χ4n) is 2.95. The van der Waals surface area contributed by atoms with Gasteiger partial charge in [-0.25, -0.2) is 4.39 Å². The third-order valence-electron chi connectivity index (χ3n) is 4.66. The summed E-state index contributed by atoms with van der Waals surface area (Å²) in [6, 6.07) is 22.4. The zero-order valence-corrected chi connectivity index (χ0v) is 18.4. The van der Waals surface area contributed by atoms with Gasteiger partial charge in [-0.2, -0.15) is 0 Å². The van der Waals surface area contributed by atoms with Crippen LogP contribution in [0.25, 0.3) is 0 Å². The molecule has 0 saturated carbocycles. The molecule has 0 radical (unpaired) electrons. The molecule has 0 unspecified atom stereocenters. The lowest BCUT2D eigenvalue weighted by molar-refractivity contribution is 0.602. The highest BCUT2D eigenvalue weighted by atomic mass is 32.2. The van der Waals surface area contributed by atoms with E-state index in [4.69, 9.17) is 0 Å². The first-order valence-corrected chi connectivity index (χ1v) is 11.5. The Kier molecular flexibility index (Phi) is 7.64. The van der Waals surface area contributed by atoms with Crippen LogP contribution in [0, 0.1) is 5.82 Å². The molecule has 28 heavy (non-hydrogen) atoms. The summed E-state index contributed by atoms with van der Waals surface area (Å²) in [6.07, 6.45) is 3.41. The zero-order chi connectivity index (χ0) is 19.9. The van der Waals surface area contributed by atoms with Gasteiger partial charge in [0.1, 0.15) is 5.82 Å². The minimum Gasteiger partial charge on any atom is -0.206 e. The summed E-state index contributed by atoms with van der Waals surface area (Å²) in [5.41, 5.74) is 2.67. The number of rotatable bonds is 8. The second kappa shape index (κ2) is 10.2. The summed E-state index contributed by atoms with van der Waals surface area (Å²) < 4.78 is 14.2. The number of benzene rings is 3. The number of hydrogen-bond donors (Lipinski definition) is 0. The van der Waals surface area contributed by atoms with E-state index < -0.39 is 0 Å². The summed E-state index contributed by atoms with van der Waals surface area (Å²) in [4.78, 5) is 4.18. The van der Waals surface area contributed by atoms with Gasteiger partial charge >= 0.3 is 0 Å². The first-order valence-electron chi connectivity index (χ1n) is 9.90. The molecule has 0 aliphatic heterocycles. The van der Waals surface area contributed by atoms with Crippen molar-refractivity contribution in [3.63, 3.8) is 0 Å². The SMILES string of the molecule is CCCCc1ccc(Sc2ccc(C(C)C)cc2)c(Sc2ccccc2F)c1. The molecule has 0 bridgehead atoms. The topological polar surface area (TPSA) is 0 Å². The Morgan fingerprint density at radius 1 is 0.821 bits per heavy atom. The molecular weight excluding hydrogens is 383 g/mol. The lowest BCUT2D eigenvalue weighted by atomic mass is 10.0. The standard InChI is InChI=1S/C25H27FS2/c1-4-5-8-19-11-16-24(27-21-14-12-20(13-15-21)18(2)3)25(17-19)28-23-10-7-6-9-22(23)26/h6-7,9-18H,4-5,8H2,1-3H3. The third kappa shape index (κ3) is 5.65. The van der Waals surface area contributed by atoms with Crippen molar-refractivity contribution in [3.8, 4) is 0 Å². The molecule has 0 saturated heterocycles. The summed E-state index contributed by atoms with van der Waals surface area (Å²) in [6.45, 7) is 6.63. The predicted octanol–water partition coefficient (Wildman–Crippen LogP) is 8.59. The Balaban J connectivity index is 1.89. The Morgan fingerprint density at radius 3 is 2.25 bits per heavy atom. The van der Waals surface area contributed by atoms with Gasteiger partial charge in [0.15, 0.2) is 0 Å². The van der Waals surface area contributed by atoms with Crippen molar-refractivity contribution in [2.24, 2.45) is 0 Å². The fourth-order valence-corrected chi connectivity index (χ4v) is 4.95. The van der Waals surface area contributed by atoms with Crippen molar-refractivity contribution in [2.75, 3.05) is 0 Å². The zero-order valence-electron chi connectivity index (χ0n) is 16.7. The number of hydrogen-bond acceptors (Lipinski definition) is 2. The van der Waals surface area contributed by atoms with Gasteiger partial charge in [0.2, 0.25) is 0 Å². The van der Waals surface area contributed by atoms with E-state index >= 15 is 0 Å². The van der Waals surface area contributed by atoms with Crippen LogP contribution in [0.15, 0.2) is 86.3 Å². The van der Waals surface area contributed by atoms with Crippen LogP contribution < -0.4 is 0 Å². The van der Waals surface area contributed by atoms with E-state index in [1.807, 2.05) is 12.1 Å². The Hall–Kier alpha value is -1.71. The van der Waals surface area contributed by atoms with Crippen molar-refractivity contribution >= 4 is 23.5 Å². The molecule has 0 N–H and O–H groups in total. The average molecular weight is 411 g/mol. The lowest BCUT2D eigenvalue weighted by Crippen LogP contribution is -1.89.